The highest BCUT2D eigenvalue weighted by Gasteiger charge is 2.17. The van der Waals surface area contributed by atoms with E-state index < -0.39 is 6.29 Å². The average Bonchev–Trinajstić information content (AvgIpc) is 2.61. The molecular weight excluding hydrogens is 336 g/mol. The molecule has 0 unspecified atom stereocenters. The lowest BCUT2D eigenvalue weighted by atomic mass is 10.2. The predicted octanol–water partition coefficient (Wildman–Crippen LogP) is 1.85. The van der Waals surface area contributed by atoms with Crippen molar-refractivity contribution < 1.29 is 18.9 Å². The Labute approximate surface area is 152 Å². The second-order valence-electron chi connectivity index (χ2n) is 5.53. The summed E-state index contributed by atoms with van der Waals surface area (Å²) in [4.78, 5) is 0. The van der Waals surface area contributed by atoms with Crippen LogP contribution < -0.4 is 32.4 Å². The highest BCUT2D eigenvalue weighted by atomic mass is 16.7. The Balaban J connectivity index is 2.10. The average molecular weight is 362 g/mol. The summed E-state index contributed by atoms with van der Waals surface area (Å²) in [6, 6.07) is 9.93. The molecule has 142 valence electrons. The first kappa shape index (κ1) is 19.5. The Morgan fingerprint density at radius 1 is 0.769 bits per heavy atom. The van der Waals surface area contributed by atoms with Crippen LogP contribution in [0.2, 0.25) is 0 Å². The number of anilines is 4. The normalized spacial score (nSPS) is 10.8. The van der Waals surface area contributed by atoms with Gasteiger partial charge in [-0.3, -0.25) is 0 Å². The van der Waals surface area contributed by atoms with Crippen molar-refractivity contribution in [1.82, 2.24) is 0 Å². The minimum Gasteiger partial charge on any atom is -0.450 e. The molecule has 8 N–H and O–H groups in total. The molecule has 8 heteroatoms. The standard InChI is InChI=1S/C18H26N4O4/c1-2-23-7-8-24-11-18(25-16-9-12(19)3-5-14(16)21)26-17-10-13(20)4-6-15(17)22/h3-6,9-10,18H,2,7-8,11,19-22H2,1H3. The fraction of sp³-hybridized carbons (Fsp3) is 0.333. The van der Waals surface area contributed by atoms with Crippen LogP contribution in [0.5, 0.6) is 11.5 Å². The molecule has 0 aliphatic heterocycles. The number of nitrogen functional groups attached to an aromatic ring is 4. The molecule has 2 aromatic carbocycles. The van der Waals surface area contributed by atoms with Gasteiger partial charge in [-0.25, -0.2) is 0 Å². The number of hydrogen-bond acceptors (Lipinski definition) is 8. The molecular formula is C18H26N4O4. The fourth-order valence-electron chi connectivity index (χ4n) is 2.12. The highest BCUT2D eigenvalue weighted by molar-refractivity contribution is 5.60. The van der Waals surface area contributed by atoms with Gasteiger partial charge in [0, 0.05) is 30.1 Å². The Bertz CT molecular complexity index is 658. The van der Waals surface area contributed by atoms with E-state index in [4.69, 9.17) is 41.9 Å². The monoisotopic (exact) mass is 362 g/mol. The minimum absolute atomic E-state index is 0.134. The molecule has 0 aliphatic rings. The van der Waals surface area contributed by atoms with Crippen LogP contribution in [0, 0.1) is 0 Å². The van der Waals surface area contributed by atoms with E-state index in [0.717, 1.165) is 0 Å². The zero-order chi connectivity index (χ0) is 18.9. The lowest BCUT2D eigenvalue weighted by molar-refractivity contribution is -0.0677. The van der Waals surface area contributed by atoms with Crippen molar-refractivity contribution in [3.8, 4) is 11.5 Å². The second kappa shape index (κ2) is 9.59. The molecule has 0 fully saturated rings. The first-order valence-electron chi connectivity index (χ1n) is 8.28. The van der Waals surface area contributed by atoms with Crippen LogP contribution in [-0.4, -0.2) is 32.7 Å². The van der Waals surface area contributed by atoms with Crippen LogP contribution in [0.15, 0.2) is 36.4 Å². The zero-order valence-electron chi connectivity index (χ0n) is 14.8. The van der Waals surface area contributed by atoms with E-state index in [2.05, 4.69) is 0 Å². The first-order valence-corrected chi connectivity index (χ1v) is 8.28. The molecule has 0 heterocycles. The Hall–Kier alpha value is -2.84. The lowest BCUT2D eigenvalue weighted by Crippen LogP contribution is -2.31. The largest absolute Gasteiger partial charge is 0.450 e. The van der Waals surface area contributed by atoms with Gasteiger partial charge in [-0.15, -0.1) is 0 Å². The van der Waals surface area contributed by atoms with Crippen LogP contribution in [0.3, 0.4) is 0 Å². The van der Waals surface area contributed by atoms with Crippen molar-refractivity contribution in [1.29, 1.82) is 0 Å². The number of ether oxygens (including phenoxy) is 4. The predicted molar refractivity (Wildman–Crippen MR) is 103 cm³/mol. The van der Waals surface area contributed by atoms with Gasteiger partial charge in [0.15, 0.2) is 0 Å². The van der Waals surface area contributed by atoms with E-state index in [9.17, 15) is 0 Å². The SMILES string of the molecule is CCOCCOCC(Oc1cc(N)ccc1N)Oc1cc(N)ccc1N. The Morgan fingerprint density at radius 3 is 1.77 bits per heavy atom. The number of hydrogen-bond donors (Lipinski definition) is 4. The molecule has 0 amide bonds. The molecule has 0 bridgehead atoms. The molecule has 8 nitrogen and oxygen atoms in total. The van der Waals surface area contributed by atoms with E-state index in [1.54, 1.807) is 36.4 Å². The molecule has 0 saturated heterocycles. The van der Waals surface area contributed by atoms with Gasteiger partial charge in [0.25, 0.3) is 6.29 Å². The number of rotatable bonds is 10. The van der Waals surface area contributed by atoms with Gasteiger partial charge in [-0.1, -0.05) is 0 Å². The molecule has 2 aromatic rings. The third-order valence-corrected chi connectivity index (χ3v) is 3.42. The van der Waals surface area contributed by atoms with Crippen molar-refractivity contribution in [2.45, 2.75) is 13.2 Å². The molecule has 2 rings (SSSR count). The van der Waals surface area contributed by atoms with E-state index in [1.807, 2.05) is 6.92 Å². The van der Waals surface area contributed by atoms with Crippen LogP contribution in [-0.2, 0) is 9.47 Å². The molecule has 0 atom stereocenters. The fourth-order valence-corrected chi connectivity index (χ4v) is 2.12. The van der Waals surface area contributed by atoms with Crippen LogP contribution in [0.1, 0.15) is 6.92 Å². The highest BCUT2D eigenvalue weighted by Crippen LogP contribution is 2.28. The van der Waals surface area contributed by atoms with Gasteiger partial charge < -0.3 is 41.9 Å². The Morgan fingerprint density at radius 2 is 1.27 bits per heavy atom. The van der Waals surface area contributed by atoms with E-state index in [0.29, 0.717) is 54.1 Å². The molecule has 0 aromatic heterocycles. The first-order chi connectivity index (χ1) is 12.5. The minimum atomic E-state index is -0.801. The van der Waals surface area contributed by atoms with Crippen molar-refractivity contribution >= 4 is 22.7 Å². The van der Waals surface area contributed by atoms with Crippen molar-refractivity contribution in [3.63, 3.8) is 0 Å². The molecule has 0 saturated carbocycles. The van der Waals surface area contributed by atoms with Gasteiger partial charge >= 0.3 is 0 Å². The Kier molecular flexibility index (Phi) is 7.19. The number of benzene rings is 2. The van der Waals surface area contributed by atoms with E-state index in [-0.39, 0.29) is 6.61 Å². The lowest BCUT2D eigenvalue weighted by Gasteiger charge is -2.22. The molecule has 0 spiro atoms. The quantitative estimate of drug-likeness (QED) is 0.285. The molecule has 0 aliphatic carbocycles. The summed E-state index contributed by atoms with van der Waals surface area (Å²) >= 11 is 0. The van der Waals surface area contributed by atoms with Crippen molar-refractivity contribution in [2.24, 2.45) is 0 Å². The van der Waals surface area contributed by atoms with Crippen LogP contribution in [0.4, 0.5) is 22.7 Å². The smallest absolute Gasteiger partial charge is 0.264 e. The van der Waals surface area contributed by atoms with Crippen molar-refractivity contribution in [2.75, 3.05) is 49.4 Å². The summed E-state index contributed by atoms with van der Waals surface area (Å²) in [6.07, 6.45) is -0.801. The molecule has 26 heavy (non-hydrogen) atoms. The second-order valence-corrected chi connectivity index (χ2v) is 5.53. The van der Waals surface area contributed by atoms with Gasteiger partial charge in [-0.05, 0) is 31.2 Å². The third-order valence-electron chi connectivity index (χ3n) is 3.42. The third kappa shape index (κ3) is 5.91. The topological polar surface area (TPSA) is 141 Å². The molecule has 0 radical (unpaired) electrons. The van der Waals surface area contributed by atoms with Gasteiger partial charge in [-0.2, -0.15) is 0 Å². The zero-order valence-corrected chi connectivity index (χ0v) is 14.8. The summed E-state index contributed by atoms with van der Waals surface area (Å²) in [5.41, 5.74) is 25.4. The van der Waals surface area contributed by atoms with E-state index in [1.165, 1.54) is 0 Å². The summed E-state index contributed by atoms with van der Waals surface area (Å²) in [6.45, 7) is 3.55. The van der Waals surface area contributed by atoms with Gasteiger partial charge in [0.1, 0.15) is 18.1 Å². The summed E-state index contributed by atoms with van der Waals surface area (Å²) in [7, 11) is 0. The van der Waals surface area contributed by atoms with Gasteiger partial charge in [0.2, 0.25) is 0 Å². The summed E-state index contributed by atoms with van der Waals surface area (Å²) < 4.78 is 22.5. The van der Waals surface area contributed by atoms with Crippen molar-refractivity contribution in [3.05, 3.63) is 36.4 Å². The maximum atomic E-state index is 5.94. The number of nitrogens with two attached hydrogens (primary N) is 4. The van der Waals surface area contributed by atoms with E-state index >= 15 is 0 Å². The van der Waals surface area contributed by atoms with Crippen LogP contribution in [0.25, 0.3) is 0 Å². The van der Waals surface area contributed by atoms with Crippen LogP contribution >= 0.6 is 0 Å². The summed E-state index contributed by atoms with van der Waals surface area (Å²) in [5, 5.41) is 0. The maximum Gasteiger partial charge on any atom is 0.264 e. The maximum absolute atomic E-state index is 5.94. The van der Waals surface area contributed by atoms with Gasteiger partial charge in [0.05, 0.1) is 24.6 Å². The summed E-state index contributed by atoms with van der Waals surface area (Å²) in [5.74, 6) is 0.789.